The lowest BCUT2D eigenvalue weighted by atomic mass is 9.70. The number of carbonyl (C=O) groups excluding carboxylic acids is 2. The molecule has 2 amide bonds. The highest BCUT2D eigenvalue weighted by molar-refractivity contribution is 6.04. The molecule has 5 aliphatic rings. The Kier molecular flexibility index (Phi) is 4.19. The van der Waals surface area contributed by atoms with Gasteiger partial charge in [-0.1, -0.05) is 58.0 Å². The number of para-hydroxylation sites is 1. The summed E-state index contributed by atoms with van der Waals surface area (Å²) in [5, 5.41) is 4.75. The average molecular weight is 448 g/mol. The van der Waals surface area contributed by atoms with Crippen LogP contribution in [0.4, 0.5) is 5.69 Å². The summed E-state index contributed by atoms with van der Waals surface area (Å²) >= 11 is 0. The number of hydrogen-bond acceptors (Lipinski definition) is 4. The van der Waals surface area contributed by atoms with E-state index in [9.17, 15) is 9.59 Å². The largest absolute Gasteiger partial charge is 0.357 e. The highest BCUT2D eigenvalue weighted by atomic mass is 16.5. The standard InChI is InChI=1S/C27H33N3O3/c1-5-26-13-14-27(33-26)16-30(18-9-7-6-8-10-18)22(32)20(27)19(26)21(31)28-29-23-24(2,3)17-11-12-25(23,4)15-17/h6-10,13-14,17,19-20H,5,11-12,15-16H2,1-4H3,(H,28,31)/b29-23+/t17-,19?,20?,25+,26?,27?/m0/s1. The van der Waals surface area contributed by atoms with Gasteiger partial charge in [-0.3, -0.25) is 9.59 Å². The molecule has 174 valence electrons. The van der Waals surface area contributed by atoms with E-state index in [-0.39, 0.29) is 22.6 Å². The van der Waals surface area contributed by atoms with Crippen molar-refractivity contribution in [2.75, 3.05) is 11.4 Å². The zero-order valence-corrected chi connectivity index (χ0v) is 19.9. The molecule has 0 aromatic heterocycles. The lowest BCUT2D eigenvalue weighted by molar-refractivity contribution is -0.134. The van der Waals surface area contributed by atoms with E-state index in [4.69, 9.17) is 9.84 Å². The predicted octanol–water partition coefficient (Wildman–Crippen LogP) is 4.07. The summed E-state index contributed by atoms with van der Waals surface area (Å²) in [6.07, 6.45) is 8.17. The Bertz CT molecular complexity index is 1090. The molecule has 4 unspecified atom stereocenters. The van der Waals surface area contributed by atoms with Crippen molar-refractivity contribution in [3.8, 4) is 0 Å². The minimum Gasteiger partial charge on any atom is -0.357 e. The zero-order chi connectivity index (χ0) is 23.2. The zero-order valence-electron chi connectivity index (χ0n) is 19.9. The van der Waals surface area contributed by atoms with Crippen molar-refractivity contribution < 1.29 is 14.3 Å². The van der Waals surface area contributed by atoms with Gasteiger partial charge in [-0.05, 0) is 43.7 Å². The van der Waals surface area contributed by atoms with Gasteiger partial charge in [-0.2, -0.15) is 5.10 Å². The van der Waals surface area contributed by atoms with Gasteiger partial charge in [-0.15, -0.1) is 0 Å². The molecule has 3 aliphatic heterocycles. The SMILES string of the molecule is CCC12C=CC3(CN(c4ccccc4)C(=O)C3C1C(=O)N/N=C1\C(C)(C)[C@H]3CC[C@]1(C)C3)O2. The van der Waals surface area contributed by atoms with E-state index in [0.29, 0.717) is 18.9 Å². The monoisotopic (exact) mass is 447 g/mol. The smallest absolute Gasteiger partial charge is 0.247 e. The molecule has 1 aromatic carbocycles. The summed E-state index contributed by atoms with van der Waals surface area (Å²) in [5.41, 5.74) is 3.41. The van der Waals surface area contributed by atoms with E-state index < -0.39 is 23.0 Å². The fourth-order valence-corrected chi connectivity index (χ4v) is 7.74. The molecule has 4 fully saturated rings. The molecule has 2 saturated heterocycles. The lowest BCUT2D eigenvalue weighted by Gasteiger charge is -2.35. The number of nitrogens with zero attached hydrogens (tertiary/aromatic N) is 2. The number of hydrazone groups is 1. The van der Waals surface area contributed by atoms with Gasteiger partial charge in [0.2, 0.25) is 11.8 Å². The van der Waals surface area contributed by atoms with E-state index in [1.54, 1.807) is 4.90 Å². The summed E-state index contributed by atoms with van der Waals surface area (Å²) < 4.78 is 6.58. The van der Waals surface area contributed by atoms with Crippen LogP contribution in [0.15, 0.2) is 47.6 Å². The maximum Gasteiger partial charge on any atom is 0.247 e. The number of carbonyl (C=O) groups is 2. The number of fused-ring (bicyclic) bond motifs is 3. The van der Waals surface area contributed by atoms with Crippen molar-refractivity contribution in [2.24, 2.45) is 33.7 Å². The van der Waals surface area contributed by atoms with Crippen molar-refractivity contribution in [3.05, 3.63) is 42.5 Å². The highest BCUT2D eigenvalue weighted by Crippen LogP contribution is 2.61. The molecule has 6 heteroatoms. The van der Waals surface area contributed by atoms with Gasteiger partial charge in [0, 0.05) is 16.5 Å². The maximum atomic E-state index is 13.7. The first kappa shape index (κ1) is 21.1. The average Bonchev–Trinajstić information content (AvgIpc) is 3.55. The van der Waals surface area contributed by atoms with Crippen LogP contribution in [-0.2, 0) is 14.3 Å². The molecule has 4 bridgehead atoms. The van der Waals surface area contributed by atoms with Crippen LogP contribution in [0.2, 0.25) is 0 Å². The Morgan fingerprint density at radius 3 is 2.64 bits per heavy atom. The quantitative estimate of drug-likeness (QED) is 0.559. The van der Waals surface area contributed by atoms with Crippen molar-refractivity contribution in [2.45, 2.75) is 64.6 Å². The van der Waals surface area contributed by atoms with Crippen LogP contribution in [0.25, 0.3) is 0 Å². The van der Waals surface area contributed by atoms with Gasteiger partial charge in [0.05, 0.1) is 29.7 Å². The fourth-order valence-electron chi connectivity index (χ4n) is 7.74. The molecule has 3 heterocycles. The first-order valence-electron chi connectivity index (χ1n) is 12.3. The van der Waals surface area contributed by atoms with Gasteiger partial charge in [0.1, 0.15) is 5.60 Å². The molecule has 2 aliphatic carbocycles. The molecule has 33 heavy (non-hydrogen) atoms. The summed E-state index contributed by atoms with van der Waals surface area (Å²) in [5.74, 6) is -0.751. The minimum atomic E-state index is -0.754. The van der Waals surface area contributed by atoms with Gasteiger partial charge >= 0.3 is 0 Å². The summed E-state index contributed by atoms with van der Waals surface area (Å²) in [7, 11) is 0. The first-order chi connectivity index (χ1) is 15.7. The van der Waals surface area contributed by atoms with Gasteiger partial charge < -0.3 is 9.64 Å². The van der Waals surface area contributed by atoms with Crippen molar-refractivity contribution in [3.63, 3.8) is 0 Å². The van der Waals surface area contributed by atoms with Gasteiger partial charge in [0.15, 0.2) is 0 Å². The van der Waals surface area contributed by atoms with E-state index in [1.165, 1.54) is 6.42 Å². The summed E-state index contributed by atoms with van der Waals surface area (Å²) in [6.45, 7) is 9.23. The second kappa shape index (κ2) is 6.56. The number of amides is 2. The molecule has 2 saturated carbocycles. The number of benzene rings is 1. The third kappa shape index (κ3) is 2.61. The van der Waals surface area contributed by atoms with E-state index >= 15 is 0 Å². The van der Waals surface area contributed by atoms with Gasteiger partial charge in [0.25, 0.3) is 0 Å². The van der Waals surface area contributed by atoms with Crippen LogP contribution in [0.1, 0.15) is 53.4 Å². The van der Waals surface area contributed by atoms with Crippen LogP contribution in [0.3, 0.4) is 0 Å². The number of nitrogens with one attached hydrogen (secondary N) is 1. The van der Waals surface area contributed by atoms with E-state index in [2.05, 4.69) is 26.2 Å². The third-order valence-corrected chi connectivity index (χ3v) is 9.48. The first-order valence-corrected chi connectivity index (χ1v) is 12.3. The summed E-state index contributed by atoms with van der Waals surface area (Å²) in [4.78, 5) is 29.1. The molecule has 0 radical (unpaired) electrons. The van der Waals surface area contributed by atoms with Crippen LogP contribution in [-0.4, -0.2) is 35.3 Å². The Morgan fingerprint density at radius 1 is 1.21 bits per heavy atom. The Balaban J connectivity index is 1.32. The van der Waals surface area contributed by atoms with Gasteiger partial charge in [-0.25, -0.2) is 5.43 Å². The fraction of sp³-hybridized carbons (Fsp3) is 0.593. The van der Waals surface area contributed by atoms with E-state index in [0.717, 1.165) is 24.2 Å². The molecular formula is C27H33N3O3. The second-order valence-electron chi connectivity index (χ2n) is 11.6. The normalized spacial score (nSPS) is 43.0. The van der Waals surface area contributed by atoms with Crippen LogP contribution in [0.5, 0.6) is 0 Å². The number of rotatable bonds is 4. The number of ether oxygens (including phenoxy) is 1. The molecule has 6 atom stereocenters. The highest BCUT2D eigenvalue weighted by Gasteiger charge is 2.72. The Morgan fingerprint density at radius 2 is 1.97 bits per heavy atom. The van der Waals surface area contributed by atoms with Crippen molar-refractivity contribution in [1.82, 2.24) is 5.43 Å². The predicted molar refractivity (Wildman–Crippen MR) is 127 cm³/mol. The van der Waals surface area contributed by atoms with Crippen LogP contribution >= 0.6 is 0 Å². The molecular weight excluding hydrogens is 414 g/mol. The number of anilines is 1. The topological polar surface area (TPSA) is 71.0 Å². The van der Waals surface area contributed by atoms with Crippen LogP contribution in [0, 0.1) is 28.6 Å². The second-order valence-corrected chi connectivity index (χ2v) is 11.6. The maximum absolute atomic E-state index is 13.7. The molecule has 6 rings (SSSR count). The number of hydrogen-bond donors (Lipinski definition) is 1. The summed E-state index contributed by atoms with van der Waals surface area (Å²) in [6, 6.07) is 9.65. The Hall–Kier alpha value is -2.47. The van der Waals surface area contributed by atoms with Crippen molar-refractivity contribution in [1.29, 1.82) is 0 Å². The van der Waals surface area contributed by atoms with E-state index in [1.807, 2.05) is 49.4 Å². The molecule has 6 nitrogen and oxygen atoms in total. The molecule has 1 aromatic rings. The molecule has 1 N–H and O–H groups in total. The third-order valence-electron chi connectivity index (χ3n) is 9.48. The van der Waals surface area contributed by atoms with Crippen molar-refractivity contribution >= 4 is 23.2 Å². The molecule has 1 spiro atoms. The lowest BCUT2D eigenvalue weighted by Crippen LogP contribution is -2.48. The minimum absolute atomic E-state index is 0.0116. The van der Waals surface area contributed by atoms with Crippen LogP contribution < -0.4 is 10.3 Å². The Labute approximate surface area is 195 Å².